The normalized spacial score (nSPS) is 10.8. The molecule has 1 rings (SSSR count). The van der Waals surface area contributed by atoms with E-state index in [-0.39, 0.29) is 0 Å². The Kier molecular flexibility index (Phi) is 8.22. The van der Waals surface area contributed by atoms with E-state index in [2.05, 4.69) is 41.7 Å². The molecule has 0 bridgehead atoms. The molecule has 1 aromatic heterocycles. The van der Waals surface area contributed by atoms with Gasteiger partial charge in [-0.25, -0.2) is 4.98 Å². The Morgan fingerprint density at radius 1 is 1.31 bits per heavy atom. The maximum atomic E-state index is 4.51. The molecule has 0 aromatic carbocycles. The van der Waals surface area contributed by atoms with Crippen molar-refractivity contribution in [1.29, 1.82) is 0 Å². The first-order valence-electron chi connectivity index (χ1n) is 6.18. The van der Waals surface area contributed by atoms with Crippen molar-refractivity contribution in [3.63, 3.8) is 0 Å². The number of aryl methyl sites for hydroxylation is 1. The Bertz CT molecular complexity index is 333. The molecule has 2 heteroatoms. The molecule has 0 fully saturated rings. The lowest BCUT2D eigenvalue weighted by molar-refractivity contribution is 1.06. The van der Waals surface area contributed by atoms with Gasteiger partial charge >= 0.3 is 0 Å². The third-order valence-corrected chi connectivity index (χ3v) is 1.99. The third kappa shape index (κ3) is 4.47. The molecule has 16 heavy (non-hydrogen) atoms. The van der Waals surface area contributed by atoms with Crippen molar-refractivity contribution in [1.82, 2.24) is 9.55 Å². The van der Waals surface area contributed by atoms with Gasteiger partial charge in [0.1, 0.15) is 5.82 Å². The van der Waals surface area contributed by atoms with Crippen molar-refractivity contribution in [2.24, 2.45) is 0 Å². The second-order valence-corrected chi connectivity index (χ2v) is 3.14. The highest BCUT2D eigenvalue weighted by atomic mass is 15.0. The Morgan fingerprint density at radius 2 is 2.00 bits per heavy atom. The van der Waals surface area contributed by atoms with E-state index in [9.17, 15) is 0 Å². The van der Waals surface area contributed by atoms with E-state index >= 15 is 0 Å². The summed E-state index contributed by atoms with van der Waals surface area (Å²) in [5, 5.41) is 0. The maximum Gasteiger partial charge on any atom is 0.136 e. The fraction of sp³-hybridized carbons (Fsp3) is 0.500. The first kappa shape index (κ1) is 14.7. The predicted molar refractivity (Wildman–Crippen MR) is 73.3 cm³/mol. The minimum Gasteiger partial charge on any atom is -0.307 e. The van der Waals surface area contributed by atoms with Crippen LogP contribution in [0.4, 0.5) is 0 Å². The molecule has 0 aliphatic heterocycles. The molecule has 1 aromatic rings. The Labute approximate surface area is 99.7 Å². The number of hydrogen-bond donors (Lipinski definition) is 0. The minimum atomic E-state index is 0.984. The zero-order chi connectivity index (χ0) is 12.4. The van der Waals surface area contributed by atoms with Crippen molar-refractivity contribution >= 4 is 12.3 Å². The summed E-state index contributed by atoms with van der Waals surface area (Å²) in [4.78, 5) is 4.51. The smallest absolute Gasteiger partial charge is 0.136 e. The molecule has 0 amide bonds. The van der Waals surface area contributed by atoms with Gasteiger partial charge in [-0.05, 0) is 25.8 Å². The van der Waals surface area contributed by atoms with Crippen molar-refractivity contribution in [2.75, 3.05) is 0 Å². The zero-order valence-electron chi connectivity index (χ0n) is 11.2. The monoisotopic (exact) mass is 220 g/mol. The lowest BCUT2D eigenvalue weighted by Gasteiger charge is -1.94. The first-order chi connectivity index (χ1) is 7.81. The molecule has 2 nitrogen and oxygen atoms in total. The molecule has 0 spiro atoms. The average molecular weight is 220 g/mol. The van der Waals surface area contributed by atoms with Gasteiger partial charge in [0.15, 0.2) is 0 Å². The summed E-state index contributed by atoms with van der Waals surface area (Å²) < 4.78 is 2.06. The van der Waals surface area contributed by atoms with Gasteiger partial charge in [-0.1, -0.05) is 39.8 Å². The quantitative estimate of drug-likeness (QED) is 0.736. The number of allylic oxidation sites excluding steroid dienone is 2. The van der Waals surface area contributed by atoms with Crippen molar-refractivity contribution in [3.8, 4) is 0 Å². The lowest BCUT2D eigenvalue weighted by Crippen LogP contribution is -1.87. The van der Waals surface area contributed by atoms with Gasteiger partial charge in [0, 0.05) is 12.4 Å². The summed E-state index contributed by atoms with van der Waals surface area (Å²) in [5.41, 5.74) is 1.14. The van der Waals surface area contributed by atoms with Crippen molar-refractivity contribution in [3.05, 3.63) is 29.9 Å². The topological polar surface area (TPSA) is 17.8 Å². The molecule has 0 aliphatic rings. The molecule has 0 unspecified atom stereocenters. The van der Waals surface area contributed by atoms with E-state index in [1.807, 2.05) is 33.0 Å². The summed E-state index contributed by atoms with van der Waals surface area (Å²) in [6.45, 7) is 10.3. The summed E-state index contributed by atoms with van der Waals surface area (Å²) in [7, 11) is 0. The van der Waals surface area contributed by atoms with Crippen molar-refractivity contribution in [2.45, 2.75) is 47.5 Å². The molecular formula is C14H24N2. The van der Waals surface area contributed by atoms with E-state index in [1.54, 1.807) is 0 Å². The molecular weight excluding hydrogens is 196 g/mol. The van der Waals surface area contributed by atoms with E-state index in [0.717, 1.165) is 24.4 Å². The predicted octanol–water partition coefficient (Wildman–Crippen LogP) is 4.39. The fourth-order valence-electron chi connectivity index (χ4n) is 1.26. The average Bonchev–Trinajstić information content (AvgIpc) is 2.72. The highest BCUT2D eigenvalue weighted by Crippen LogP contribution is 2.07. The molecule has 0 atom stereocenters. The summed E-state index contributed by atoms with van der Waals surface area (Å²) in [6, 6.07) is 0. The lowest BCUT2D eigenvalue weighted by atomic mass is 10.4. The van der Waals surface area contributed by atoms with E-state index in [1.165, 1.54) is 0 Å². The van der Waals surface area contributed by atoms with Gasteiger partial charge in [-0.3, -0.25) is 0 Å². The van der Waals surface area contributed by atoms with Gasteiger partial charge in [0.2, 0.25) is 0 Å². The molecule has 0 aliphatic carbocycles. The third-order valence-electron chi connectivity index (χ3n) is 1.99. The number of aromatic nitrogens is 2. The second-order valence-electron chi connectivity index (χ2n) is 3.14. The highest BCUT2D eigenvalue weighted by molar-refractivity contribution is 5.45. The number of rotatable bonds is 4. The van der Waals surface area contributed by atoms with Crippen LogP contribution >= 0.6 is 0 Å². The molecule has 90 valence electrons. The van der Waals surface area contributed by atoms with E-state index in [4.69, 9.17) is 0 Å². The van der Waals surface area contributed by atoms with Gasteiger partial charge in [0.25, 0.3) is 0 Å². The van der Waals surface area contributed by atoms with Gasteiger partial charge < -0.3 is 4.57 Å². The van der Waals surface area contributed by atoms with Crippen molar-refractivity contribution < 1.29 is 0 Å². The zero-order valence-corrected chi connectivity index (χ0v) is 11.2. The maximum absolute atomic E-state index is 4.51. The first-order valence-corrected chi connectivity index (χ1v) is 6.18. The molecule has 0 radical (unpaired) electrons. The van der Waals surface area contributed by atoms with E-state index in [0.29, 0.717) is 0 Å². The van der Waals surface area contributed by atoms with Crippen LogP contribution < -0.4 is 0 Å². The molecule has 0 saturated carbocycles. The molecule has 0 saturated heterocycles. The molecule has 1 heterocycles. The van der Waals surface area contributed by atoms with Crippen LogP contribution in [0.25, 0.3) is 12.3 Å². The number of imidazole rings is 1. The summed E-state index contributed by atoms with van der Waals surface area (Å²) >= 11 is 0. The molecule has 0 N–H and O–H groups in total. The van der Waals surface area contributed by atoms with Crippen LogP contribution in [-0.2, 0) is 6.42 Å². The standard InChI is InChI=1S/C12H18N2.C2H6/c1-4-7-8-12-13-11(6-3)10-14(12)9-5-2;1-2/h5,7-10H,4,6H2,1-3H3;1-2H3/b8-7-,9-5-;. The second kappa shape index (κ2) is 8.96. The Morgan fingerprint density at radius 3 is 2.50 bits per heavy atom. The van der Waals surface area contributed by atoms with Gasteiger partial charge in [0.05, 0.1) is 5.69 Å². The Hall–Kier alpha value is -1.31. The SMILES string of the molecule is C/C=C\n1cc(CC)nc1/C=C\CC.CC. The van der Waals surface area contributed by atoms with Crippen LogP contribution in [0.3, 0.4) is 0 Å². The number of hydrogen-bond acceptors (Lipinski definition) is 1. The fourth-order valence-corrected chi connectivity index (χ4v) is 1.26. The number of nitrogens with zero attached hydrogens (tertiary/aromatic N) is 2. The van der Waals surface area contributed by atoms with Crippen LogP contribution in [0.15, 0.2) is 18.3 Å². The van der Waals surface area contributed by atoms with Crippen LogP contribution in [-0.4, -0.2) is 9.55 Å². The Balaban J connectivity index is 0.00000106. The van der Waals surface area contributed by atoms with Crippen LogP contribution in [0.2, 0.25) is 0 Å². The van der Waals surface area contributed by atoms with Crippen LogP contribution in [0.5, 0.6) is 0 Å². The largest absolute Gasteiger partial charge is 0.307 e. The van der Waals surface area contributed by atoms with Gasteiger partial charge in [-0.15, -0.1) is 0 Å². The summed E-state index contributed by atoms with van der Waals surface area (Å²) in [6.07, 6.45) is 12.4. The van der Waals surface area contributed by atoms with Gasteiger partial charge in [-0.2, -0.15) is 0 Å². The van der Waals surface area contributed by atoms with E-state index < -0.39 is 0 Å². The van der Waals surface area contributed by atoms with Crippen LogP contribution in [0.1, 0.15) is 52.6 Å². The minimum absolute atomic E-state index is 0.984. The summed E-state index contributed by atoms with van der Waals surface area (Å²) in [5.74, 6) is 1.02. The van der Waals surface area contributed by atoms with Crippen LogP contribution in [0, 0.1) is 0 Å². The highest BCUT2D eigenvalue weighted by Gasteiger charge is 2.00.